The average molecular weight is 124 g/mol. The van der Waals surface area contributed by atoms with Crippen LogP contribution in [0.2, 0.25) is 0 Å². The zero-order valence-corrected chi connectivity index (χ0v) is 5.55. The molecular formula is C8H12O. The summed E-state index contributed by atoms with van der Waals surface area (Å²) in [6.07, 6.45) is 8.84. The first-order valence-corrected chi connectivity index (χ1v) is 3.73. The van der Waals surface area contributed by atoms with Crippen LogP contribution < -0.4 is 0 Å². The highest BCUT2D eigenvalue weighted by Crippen LogP contribution is 2.27. The first-order valence-electron chi connectivity index (χ1n) is 3.73. The highest BCUT2D eigenvalue weighted by atomic mass is 16.5. The molecule has 0 saturated carbocycles. The van der Waals surface area contributed by atoms with Crippen LogP contribution in [-0.2, 0) is 4.74 Å². The molecule has 0 radical (unpaired) electrons. The van der Waals surface area contributed by atoms with Crippen LogP contribution in [0, 0.1) is 5.92 Å². The Morgan fingerprint density at radius 2 is 2.44 bits per heavy atom. The number of fused-ring (bicyclic) bond motifs is 2. The van der Waals surface area contributed by atoms with Crippen LogP contribution in [0.3, 0.4) is 0 Å². The van der Waals surface area contributed by atoms with Gasteiger partial charge in [0.25, 0.3) is 0 Å². The Kier molecular flexibility index (Phi) is 1.31. The standard InChI is InChI=1S/C8H12O/c1-2-7-4-5-9-8(3-1)6-7/h1-2,7-8H,3-6H2/t7-,8+/m0/s1. The minimum Gasteiger partial charge on any atom is -0.378 e. The molecule has 2 bridgehead atoms. The summed E-state index contributed by atoms with van der Waals surface area (Å²) in [6.45, 7) is 0.986. The number of allylic oxidation sites excluding steroid dienone is 1. The van der Waals surface area contributed by atoms with E-state index in [1.54, 1.807) is 0 Å². The SMILES string of the molecule is C1=C[C@H]2CCO[C@H](C1)C2. The van der Waals surface area contributed by atoms with E-state index < -0.39 is 0 Å². The van der Waals surface area contributed by atoms with Gasteiger partial charge in [0.1, 0.15) is 0 Å². The average Bonchev–Trinajstić information content (AvgIpc) is 1.88. The summed E-state index contributed by atoms with van der Waals surface area (Å²) in [6, 6.07) is 0. The molecule has 0 N–H and O–H groups in total. The molecule has 2 rings (SSSR count). The van der Waals surface area contributed by atoms with Crippen molar-refractivity contribution in [2.45, 2.75) is 25.4 Å². The van der Waals surface area contributed by atoms with Crippen LogP contribution in [0.1, 0.15) is 19.3 Å². The van der Waals surface area contributed by atoms with Gasteiger partial charge in [-0.25, -0.2) is 0 Å². The van der Waals surface area contributed by atoms with Crippen molar-refractivity contribution < 1.29 is 4.74 Å². The Hall–Kier alpha value is -0.300. The Morgan fingerprint density at radius 1 is 1.44 bits per heavy atom. The molecule has 1 saturated heterocycles. The van der Waals surface area contributed by atoms with Gasteiger partial charge in [0.15, 0.2) is 0 Å². The molecule has 1 nitrogen and oxygen atoms in total. The molecule has 50 valence electrons. The van der Waals surface area contributed by atoms with Gasteiger partial charge in [0.05, 0.1) is 6.10 Å². The second kappa shape index (κ2) is 2.14. The largest absolute Gasteiger partial charge is 0.378 e. The van der Waals surface area contributed by atoms with E-state index in [9.17, 15) is 0 Å². The third kappa shape index (κ3) is 1.01. The zero-order valence-electron chi connectivity index (χ0n) is 5.55. The lowest BCUT2D eigenvalue weighted by molar-refractivity contribution is -0.00224. The van der Waals surface area contributed by atoms with Crippen LogP contribution in [-0.4, -0.2) is 12.7 Å². The lowest BCUT2D eigenvalue weighted by atomic mass is 9.89. The summed E-state index contributed by atoms with van der Waals surface area (Å²) in [5, 5.41) is 0. The van der Waals surface area contributed by atoms with Crippen molar-refractivity contribution in [3.05, 3.63) is 12.2 Å². The van der Waals surface area contributed by atoms with E-state index in [0.717, 1.165) is 18.9 Å². The highest BCUT2D eigenvalue weighted by molar-refractivity contribution is 4.98. The smallest absolute Gasteiger partial charge is 0.0615 e. The van der Waals surface area contributed by atoms with E-state index in [0.29, 0.717) is 6.10 Å². The van der Waals surface area contributed by atoms with Gasteiger partial charge in [0.2, 0.25) is 0 Å². The van der Waals surface area contributed by atoms with Gasteiger partial charge < -0.3 is 4.74 Å². The topological polar surface area (TPSA) is 9.23 Å². The summed E-state index contributed by atoms with van der Waals surface area (Å²) in [5.74, 6) is 0.845. The summed E-state index contributed by atoms with van der Waals surface area (Å²) >= 11 is 0. The van der Waals surface area contributed by atoms with Crippen molar-refractivity contribution in [2.24, 2.45) is 5.92 Å². The van der Waals surface area contributed by atoms with Gasteiger partial charge >= 0.3 is 0 Å². The first-order chi connectivity index (χ1) is 4.45. The van der Waals surface area contributed by atoms with Gasteiger partial charge in [-0.05, 0) is 25.2 Å². The summed E-state index contributed by atoms with van der Waals surface area (Å²) in [7, 11) is 0. The quantitative estimate of drug-likeness (QED) is 0.447. The van der Waals surface area contributed by atoms with Crippen molar-refractivity contribution in [2.75, 3.05) is 6.61 Å². The minimum absolute atomic E-state index is 0.564. The van der Waals surface area contributed by atoms with Crippen molar-refractivity contribution >= 4 is 0 Å². The van der Waals surface area contributed by atoms with E-state index in [2.05, 4.69) is 12.2 Å². The maximum absolute atomic E-state index is 5.50. The Balaban J connectivity index is 2.09. The molecule has 1 aliphatic carbocycles. The maximum Gasteiger partial charge on any atom is 0.0615 e. The molecule has 2 aliphatic rings. The molecule has 0 aromatic rings. The van der Waals surface area contributed by atoms with Crippen LogP contribution in [0.4, 0.5) is 0 Å². The molecule has 0 aromatic carbocycles. The van der Waals surface area contributed by atoms with Crippen LogP contribution >= 0.6 is 0 Å². The number of hydrogen-bond donors (Lipinski definition) is 0. The highest BCUT2D eigenvalue weighted by Gasteiger charge is 2.22. The Labute approximate surface area is 55.7 Å². The Morgan fingerprint density at radius 3 is 3.22 bits per heavy atom. The zero-order chi connectivity index (χ0) is 6.10. The summed E-state index contributed by atoms with van der Waals surface area (Å²) < 4.78 is 5.50. The van der Waals surface area contributed by atoms with Crippen molar-refractivity contribution in [1.82, 2.24) is 0 Å². The fourth-order valence-corrected chi connectivity index (χ4v) is 1.67. The van der Waals surface area contributed by atoms with E-state index in [-0.39, 0.29) is 0 Å². The molecule has 1 heteroatoms. The third-order valence-electron chi connectivity index (χ3n) is 2.22. The fraction of sp³-hybridized carbons (Fsp3) is 0.750. The molecule has 0 unspecified atom stereocenters. The van der Waals surface area contributed by atoms with Crippen LogP contribution in [0.5, 0.6) is 0 Å². The number of ether oxygens (including phenoxy) is 1. The third-order valence-corrected chi connectivity index (χ3v) is 2.22. The first kappa shape index (κ1) is 5.48. The molecule has 1 heterocycles. The number of hydrogen-bond acceptors (Lipinski definition) is 1. The lowest BCUT2D eigenvalue weighted by Crippen LogP contribution is -2.26. The van der Waals surface area contributed by atoms with Crippen molar-refractivity contribution in [1.29, 1.82) is 0 Å². The van der Waals surface area contributed by atoms with Gasteiger partial charge in [-0.1, -0.05) is 12.2 Å². The maximum atomic E-state index is 5.50. The molecule has 0 amide bonds. The summed E-state index contributed by atoms with van der Waals surface area (Å²) in [4.78, 5) is 0. The second-order valence-corrected chi connectivity index (χ2v) is 2.94. The van der Waals surface area contributed by atoms with Crippen molar-refractivity contribution in [3.63, 3.8) is 0 Å². The van der Waals surface area contributed by atoms with E-state index >= 15 is 0 Å². The van der Waals surface area contributed by atoms with E-state index in [1.807, 2.05) is 0 Å². The van der Waals surface area contributed by atoms with Crippen molar-refractivity contribution in [3.8, 4) is 0 Å². The van der Waals surface area contributed by atoms with Gasteiger partial charge in [-0.15, -0.1) is 0 Å². The number of rotatable bonds is 0. The van der Waals surface area contributed by atoms with Gasteiger partial charge in [-0.2, -0.15) is 0 Å². The minimum atomic E-state index is 0.564. The predicted molar refractivity (Wildman–Crippen MR) is 36.2 cm³/mol. The Bertz CT molecular complexity index is 129. The van der Waals surface area contributed by atoms with Gasteiger partial charge in [-0.3, -0.25) is 0 Å². The normalized spacial score (nSPS) is 40.9. The molecule has 0 spiro atoms. The van der Waals surface area contributed by atoms with Crippen LogP contribution in [0.25, 0.3) is 0 Å². The van der Waals surface area contributed by atoms with Crippen LogP contribution in [0.15, 0.2) is 12.2 Å². The van der Waals surface area contributed by atoms with E-state index in [1.165, 1.54) is 12.8 Å². The summed E-state index contributed by atoms with van der Waals surface area (Å²) in [5.41, 5.74) is 0. The fourth-order valence-electron chi connectivity index (χ4n) is 1.67. The monoisotopic (exact) mass is 124 g/mol. The predicted octanol–water partition coefficient (Wildman–Crippen LogP) is 1.74. The second-order valence-electron chi connectivity index (χ2n) is 2.94. The molecule has 0 aromatic heterocycles. The molecule has 1 fully saturated rings. The molecule has 9 heavy (non-hydrogen) atoms. The van der Waals surface area contributed by atoms with Gasteiger partial charge in [0, 0.05) is 6.61 Å². The molecular weight excluding hydrogens is 112 g/mol. The molecule has 1 aliphatic heterocycles. The van der Waals surface area contributed by atoms with E-state index in [4.69, 9.17) is 4.74 Å². The molecule has 2 atom stereocenters. The lowest BCUT2D eigenvalue weighted by Gasteiger charge is -2.30.